The van der Waals surface area contributed by atoms with Gasteiger partial charge in [0.2, 0.25) is 10.0 Å². The van der Waals surface area contributed by atoms with E-state index in [1.165, 1.54) is 17.3 Å². The van der Waals surface area contributed by atoms with Crippen LogP contribution in [0.4, 0.5) is 13.2 Å². The molecular weight excluding hydrogens is 589 g/mol. The molecule has 3 heterocycles. The third-order valence-electron chi connectivity index (χ3n) is 7.89. The molecule has 1 fully saturated rings. The molecule has 1 aliphatic heterocycles. The van der Waals surface area contributed by atoms with Crippen molar-refractivity contribution >= 4 is 21.5 Å². The minimum atomic E-state index is -4.63. The zero-order valence-electron chi connectivity index (χ0n) is 23.8. The van der Waals surface area contributed by atoms with Gasteiger partial charge in [0.15, 0.2) is 5.78 Å². The maximum atomic E-state index is 13.2. The van der Waals surface area contributed by atoms with Crippen LogP contribution in [0.1, 0.15) is 28.5 Å². The van der Waals surface area contributed by atoms with Crippen LogP contribution in [0.3, 0.4) is 0 Å². The zero-order chi connectivity index (χ0) is 31.1. The minimum absolute atomic E-state index is 0.000811. The number of piperazine rings is 1. The van der Waals surface area contributed by atoms with Gasteiger partial charge in [0.05, 0.1) is 21.8 Å². The van der Waals surface area contributed by atoms with E-state index >= 15 is 0 Å². The van der Waals surface area contributed by atoms with Crippen LogP contribution >= 0.6 is 0 Å². The Labute approximate surface area is 253 Å². The van der Waals surface area contributed by atoms with Crippen LogP contribution < -0.4 is 0 Å². The first-order valence-corrected chi connectivity index (χ1v) is 15.5. The van der Waals surface area contributed by atoms with Crippen molar-refractivity contribution in [2.45, 2.75) is 24.5 Å². The lowest BCUT2D eigenvalue weighted by atomic mass is 10.0. The smallest absolute Gasteiger partial charge is 0.301 e. The Hall–Kier alpha value is -4.32. The molecule has 11 heteroatoms. The van der Waals surface area contributed by atoms with Gasteiger partial charge in [0.1, 0.15) is 5.65 Å². The molecule has 0 bridgehead atoms. The second-order valence-electron chi connectivity index (χ2n) is 10.8. The number of pyridine rings is 1. The van der Waals surface area contributed by atoms with Gasteiger partial charge in [0.25, 0.3) is 0 Å². The average Bonchev–Trinajstić information content (AvgIpc) is 3.39. The lowest BCUT2D eigenvalue weighted by Gasteiger charge is -2.34. The second-order valence-corrected chi connectivity index (χ2v) is 12.7. The fraction of sp³-hybridized carbons (Fsp3) is 0.212. The number of hydrogen-bond donors (Lipinski definition) is 0. The molecule has 0 spiro atoms. The van der Waals surface area contributed by atoms with E-state index in [4.69, 9.17) is 4.98 Å². The normalized spacial score (nSPS) is 15.1. The number of hydrogen-bond acceptors (Lipinski definition) is 5. The second kappa shape index (κ2) is 11.6. The van der Waals surface area contributed by atoms with Gasteiger partial charge in [-0.1, -0.05) is 60.7 Å². The highest BCUT2D eigenvalue weighted by Crippen LogP contribution is 2.32. The summed E-state index contributed by atoms with van der Waals surface area (Å²) in [6, 6.07) is 25.1. The Bertz CT molecular complexity index is 1930. The molecule has 2 aromatic heterocycles. The highest BCUT2D eigenvalue weighted by molar-refractivity contribution is 7.89. The number of carbonyl (C=O) groups excluding carboxylic acids is 1. The van der Waals surface area contributed by atoms with Crippen LogP contribution in [-0.4, -0.2) is 59.0 Å². The molecule has 226 valence electrons. The van der Waals surface area contributed by atoms with Gasteiger partial charge in [-0.05, 0) is 48.4 Å². The van der Waals surface area contributed by atoms with Crippen molar-refractivity contribution < 1.29 is 26.4 Å². The van der Waals surface area contributed by atoms with Gasteiger partial charge >= 0.3 is 6.18 Å². The molecule has 1 saturated heterocycles. The maximum absolute atomic E-state index is 13.2. The van der Waals surface area contributed by atoms with Gasteiger partial charge in [-0.2, -0.15) is 17.5 Å². The van der Waals surface area contributed by atoms with Crippen LogP contribution in [0, 0.1) is 0 Å². The standard InChI is InChI=1S/C33H29F3N4O3S/c1-23(41)24-10-12-25(13-11-24)27-14-15-31-37-32(26-6-3-2-4-7-26)30(40(31)21-27)22-38-16-18-39(19-17-38)44(42,43)29-9-5-8-28(20-29)33(34,35)36/h2-15,20-21H,16-19,22H2,1H3. The Balaban J connectivity index is 1.28. The molecule has 5 aromatic rings. The van der Waals surface area contributed by atoms with E-state index in [-0.39, 0.29) is 23.8 Å². The predicted molar refractivity (Wildman–Crippen MR) is 162 cm³/mol. The van der Waals surface area contributed by atoms with Crippen molar-refractivity contribution in [1.82, 2.24) is 18.6 Å². The zero-order valence-corrected chi connectivity index (χ0v) is 24.6. The van der Waals surface area contributed by atoms with Crippen LogP contribution in [0.25, 0.3) is 28.0 Å². The molecule has 0 amide bonds. The molecule has 44 heavy (non-hydrogen) atoms. The Morgan fingerprint density at radius 2 is 1.50 bits per heavy atom. The first-order valence-electron chi connectivity index (χ1n) is 14.1. The number of nitrogens with zero attached hydrogens (tertiary/aromatic N) is 4. The number of fused-ring (bicyclic) bond motifs is 1. The summed E-state index contributed by atoms with van der Waals surface area (Å²) in [6.07, 6.45) is -2.62. The third kappa shape index (κ3) is 5.90. The van der Waals surface area contributed by atoms with E-state index in [1.54, 1.807) is 12.1 Å². The van der Waals surface area contributed by atoms with Gasteiger partial charge in [-0.25, -0.2) is 13.4 Å². The SMILES string of the molecule is CC(=O)c1ccc(-c2ccc3nc(-c4ccccc4)c(CN4CCN(S(=O)(=O)c5cccc(C(F)(F)F)c5)CC4)n3c2)cc1. The molecule has 0 N–H and O–H groups in total. The van der Waals surface area contributed by atoms with Gasteiger partial charge in [-0.15, -0.1) is 0 Å². The third-order valence-corrected chi connectivity index (χ3v) is 9.79. The molecule has 0 saturated carbocycles. The molecular formula is C33H29F3N4O3S. The molecule has 0 unspecified atom stereocenters. The van der Waals surface area contributed by atoms with Crippen LogP contribution in [0.5, 0.6) is 0 Å². The molecule has 0 radical (unpaired) electrons. The van der Waals surface area contributed by atoms with Crippen molar-refractivity contribution in [3.63, 3.8) is 0 Å². The summed E-state index contributed by atoms with van der Waals surface area (Å²) in [6.45, 7) is 3.09. The van der Waals surface area contributed by atoms with E-state index in [2.05, 4.69) is 4.90 Å². The maximum Gasteiger partial charge on any atom is 0.416 e. The summed E-state index contributed by atoms with van der Waals surface area (Å²) < 4.78 is 69.5. The molecule has 0 aliphatic carbocycles. The van der Waals surface area contributed by atoms with Gasteiger partial charge in [-0.3, -0.25) is 9.69 Å². The van der Waals surface area contributed by atoms with Crippen molar-refractivity contribution in [2.75, 3.05) is 26.2 Å². The lowest BCUT2D eigenvalue weighted by molar-refractivity contribution is -0.137. The topological polar surface area (TPSA) is 75.0 Å². The fourth-order valence-electron chi connectivity index (χ4n) is 5.46. The van der Waals surface area contributed by atoms with Crippen LogP contribution in [0.2, 0.25) is 0 Å². The number of alkyl halides is 3. The first-order chi connectivity index (χ1) is 21.0. The summed E-state index contributed by atoms with van der Waals surface area (Å²) in [7, 11) is -4.09. The molecule has 1 aliphatic rings. The van der Waals surface area contributed by atoms with Crippen LogP contribution in [-0.2, 0) is 22.7 Å². The fourth-order valence-corrected chi connectivity index (χ4v) is 6.93. The van der Waals surface area contributed by atoms with Crippen molar-refractivity contribution in [3.8, 4) is 22.4 Å². The number of sulfonamides is 1. The number of Topliss-reactive ketones (excluding diaryl/α,β-unsaturated/α-hetero) is 1. The largest absolute Gasteiger partial charge is 0.416 e. The Morgan fingerprint density at radius 3 is 2.16 bits per heavy atom. The highest BCUT2D eigenvalue weighted by Gasteiger charge is 2.34. The summed E-state index contributed by atoms with van der Waals surface area (Å²) in [5, 5.41) is 0. The summed E-state index contributed by atoms with van der Waals surface area (Å²) in [4.78, 5) is 18.4. The van der Waals surface area contributed by atoms with E-state index in [0.29, 0.717) is 31.3 Å². The number of halogens is 3. The minimum Gasteiger partial charge on any atom is -0.301 e. The molecule has 6 rings (SSSR count). The van der Waals surface area contributed by atoms with E-state index in [9.17, 15) is 26.4 Å². The molecule has 0 atom stereocenters. The van der Waals surface area contributed by atoms with E-state index in [1.807, 2.05) is 65.2 Å². The number of aromatic nitrogens is 2. The number of rotatable bonds is 7. The van der Waals surface area contributed by atoms with Crippen molar-refractivity contribution in [2.24, 2.45) is 0 Å². The number of imidazole rings is 1. The quantitative estimate of drug-likeness (QED) is 0.198. The molecule has 7 nitrogen and oxygen atoms in total. The van der Waals surface area contributed by atoms with Gasteiger partial charge < -0.3 is 4.40 Å². The lowest BCUT2D eigenvalue weighted by Crippen LogP contribution is -2.48. The van der Waals surface area contributed by atoms with E-state index < -0.39 is 21.8 Å². The number of ketones is 1. The van der Waals surface area contributed by atoms with Crippen molar-refractivity contribution in [1.29, 1.82) is 0 Å². The first kappa shape index (κ1) is 29.7. The molecule has 3 aromatic carbocycles. The summed E-state index contributed by atoms with van der Waals surface area (Å²) in [5.74, 6) is -0.000811. The number of carbonyl (C=O) groups is 1. The Morgan fingerprint density at radius 1 is 0.818 bits per heavy atom. The number of benzene rings is 3. The average molecular weight is 619 g/mol. The Kier molecular flexibility index (Phi) is 7.87. The van der Waals surface area contributed by atoms with Gasteiger partial charge in [0, 0.05) is 50.0 Å². The summed E-state index contributed by atoms with van der Waals surface area (Å²) in [5.41, 5.74) is 4.99. The predicted octanol–water partition coefficient (Wildman–Crippen LogP) is 6.40. The van der Waals surface area contributed by atoms with Crippen molar-refractivity contribution in [3.05, 3.63) is 114 Å². The monoisotopic (exact) mass is 618 g/mol. The van der Waals surface area contributed by atoms with Crippen LogP contribution in [0.15, 0.2) is 102 Å². The summed E-state index contributed by atoms with van der Waals surface area (Å²) >= 11 is 0. The highest BCUT2D eigenvalue weighted by atomic mass is 32.2. The van der Waals surface area contributed by atoms with E-state index in [0.717, 1.165) is 45.9 Å².